The van der Waals surface area contributed by atoms with Crippen molar-refractivity contribution in [3.63, 3.8) is 0 Å². The van der Waals surface area contributed by atoms with Gasteiger partial charge in [-0.05, 0) is 36.4 Å². The predicted octanol–water partition coefficient (Wildman–Crippen LogP) is 4.62. The summed E-state index contributed by atoms with van der Waals surface area (Å²) in [6, 6.07) is 12.0. The number of hydrogen-bond acceptors (Lipinski definition) is 9. The van der Waals surface area contributed by atoms with Crippen molar-refractivity contribution in [3.8, 4) is 22.5 Å². The molecular weight excluding hydrogens is 470 g/mol. The molecule has 0 atom stereocenters. The number of rotatable bonds is 6. The Morgan fingerprint density at radius 2 is 1.06 bits per heavy atom. The number of pyridine rings is 3. The molecule has 0 saturated heterocycles. The number of thiazole rings is 2. The highest BCUT2D eigenvalue weighted by Gasteiger charge is 2.16. The maximum atomic E-state index is 12.7. The van der Waals surface area contributed by atoms with Crippen LogP contribution in [-0.2, 0) is 0 Å². The average Bonchev–Trinajstić information content (AvgIpc) is 3.55. The van der Waals surface area contributed by atoms with E-state index in [2.05, 4.69) is 35.6 Å². The number of aromatic nitrogens is 5. The summed E-state index contributed by atoms with van der Waals surface area (Å²) >= 11 is 2.60. The van der Waals surface area contributed by atoms with Crippen molar-refractivity contribution in [2.75, 3.05) is 10.6 Å². The highest BCUT2D eigenvalue weighted by Crippen LogP contribution is 2.25. The summed E-state index contributed by atoms with van der Waals surface area (Å²) in [5.74, 6) is -0.918. The van der Waals surface area contributed by atoms with Crippen molar-refractivity contribution in [2.24, 2.45) is 0 Å². The van der Waals surface area contributed by atoms with Crippen molar-refractivity contribution < 1.29 is 9.59 Å². The quantitative estimate of drug-likeness (QED) is 0.360. The first-order valence-electron chi connectivity index (χ1n) is 9.97. The molecule has 166 valence electrons. The van der Waals surface area contributed by atoms with E-state index in [-0.39, 0.29) is 11.4 Å². The predicted molar refractivity (Wildman–Crippen MR) is 131 cm³/mol. The number of hydrogen-bond donors (Lipinski definition) is 2. The third-order valence-electron chi connectivity index (χ3n) is 4.62. The zero-order valence-electron chi connectivity index (χ0n) is 17.4. The van der Waals surface area contributed by atoms with Crippen LogP contribution < -0.4 is 10.6 Å². The third kappa shape index (κ3) is 4.85. The molecule has 0 fully saturated rings. The zero-order chi connectivity index (χ0) is 23.3. The highest BCUT2D eigenvalue weighted by molar-refractivity contribution is 7.14. The fraction of sp³-hybridized carbons (Fsp3) is 0. The van der Waals surface area contributed by atoms with Crippen LogP contribution in [0.5, 0.6) is 0 Å². The van der Waals surface area contributed by atoms with E-state index in [9.17, 15) is 9.59 Å². The van der Waals surface area contributed by atoms with Crippen molar-refractivity contribution >= 4 is 44.8 Å². The molecule has 0 aliphatic carbocycles. The van der Waals surface area contributed by atoms with Gasteiger partial charge in [0, 0.05) is 46.7 Å². The number of amides is 2. The van der Waals surface area contributed by atoms with Crippen LogP contribution in [0.4, 0.5) is 10.3 Å². The van der Waals surface area contributed by atoms with Crippen LogP contribution in [0.25, 0.3) is 22.5 Å². The molecule has 5 aromatic heterocycles. The number of nitrogens with zero attached hydrogens (tertiary/aromatic N) is 5. The van der Waals surface area contributed by atoms with Crippen molar-refractivity contribution in [1.29, 1.82) is 0 Å². The first-order chi connectivity index (χ1) is 16.7. The van der Waals surface area contributed by atoms with Crippen molar-refractivity contribution in [3.05, 3.63) is 89.4 Å². The first kappa shape index (κ1) is 21.5. The molecular formula is C23H15N7O2S2. The largest absolute Gasteiger partial charge is 0.296 e. The lowest BCUT2D eigenvalue weighted by molar-refractivity contribution is 0.101. The SMILES string of the molecule is O=C(Nc1nc(-c2ccncc2)cs1)c1cccc(C(=O)Nc2nc(-c3ccncc3)cs2)n1. The number of nitrogens with one attached hydrogen (secondary N) is 2. The summed E-state index contributed by atoms with van der Waals surface area (Å²) in [6.45, 7) is 0. The standard InChI is InChI=1S/C23H15N7O2S2/c31-20(29-22-27-18(12-33-22)14-4-8-24-9-5-14)16-2-1-3-17(26-16)21(32)30-23-28-19(13-34-23)15-6-10-25-11-7-15/h1-13H,(H,27,29,31)(H,28,30,32). The van der Waals surface area contributed by atoms with E-state index in [1.807, 2.05) is 35.0 Å². The highest BCUT2D eigenvalue weighted by atomic mass is 32.1. The number of carbonyl (C=O) groups excluding carboxylic acids is 2. The van der Waals surface area contributed by atoms with E-state index in [1.165, 1.54) is 34.8 Å². The Kier molecular flexibility index (Phi) is 6.10. The Labute approximate surface area is 201 Å². The minimum Gasteiger partial charge on any atom is -0.296 e. The summed E-state index contributed by atoms with van der Waals surface area (Å²) in [6.07, 6.45) is 6.72. The van der Waals surface area contributed by atoms with Crippen molar-refractivity contribution in [2.45, 2.75) is 0 Å². The Morgan fingerprint density at radius 1 is 0.618 bits per heavy atom. The molecule has 5 heterocycles. The molecule has 2 amide bonds. The van der Waals surface area contributed by atoms with Gasteiger partial charge in [-0.3, -0.25) is 30.2 Å². The molecule has 0 radical (unpaired) electrons. The van der Waals surface area contributed by atoms with Gasteiger partial charge in [0.15, 0.2) is 10.3 Å². The lowest BCUT2D eigenvalue weighted by Gasteiger charge is -2.04. The Balaban J connectivity index is 1.26. The summed E-state index contributed by atoms with van der Waals surface area (Å²) in [7, 11) is 0. The second-order valence-corrected chi connectivity index (χ2v) is 8.58. The fourth-order valence-electron chi connectivity index (χ4n) is 2.98. The molecule has 11 heteroatoms. The van der Waals surface area contributed by atoms with Crippen LogP contribution in [0.2, 0.25) is 0 Å². The normalized spacial score (nSPS) is 10.6. The molecule has 2 N–H and O–H groups in total. The topological polar surface area (TPSA) is 123 Å². The average molecular weight is 486 g/mol. The summed E-state index contributed by atoms with van der Waals surface area (Å²) in [5, 5.41) is 10.0. The summed E-state index contributed by atoms with van der Waals surface area (Å²) in [5.41, 5.74) is 3.47. The van der Waals surface area contributed by atoms with Crippen LogP contribution >= 0.6 is 22.7 Å². The molecule has 0 aliphatic heterocycles. The van der Waals surface area contributed by atoms with E-state index in [4.69, 9.17) is 0 Å². The van der Waals surface area contributed by atoms with Crippen LogP contribution in [0.3, 0.4) is 0 Å². The van der Waals surface area contributed by atoms with E-state index >= 15 is 0 Å². The Hall–Kier alpha value is -4.35. The van der Waals surface area contributed by atoms with Gasteiger partial charge < -0.3 is 0 Å². The lowest BCUT2D eigenvalue weighted by Crippen LogP contribution is -2.18. The molecule has 9 nitrogen and oxygen atoms in total. The van der Waals surface area contributed by atoms with Crippen LogP contribution in [0.15, 0.2) is 78.0 Å². The van der Waals surface area contributed by atoms with E-state index in [0.717, 1.165) is 22.5 Å². The van der Waals surface area contributed by atoms with Gasteiger partial charge in [-0.1, -0.05) is 6.07 Å². The molecule has 0 spiro atoms. The smallest absolute Gasteiger partial charge is 0.276 e. The third-order valence-corrected chi connectivity index (χ3v) is 6.13. The minimum absolute atomic E-state index is 0.102. The van der Waals surface area contributed by atoms with Crippen LogP contribution in [0.1, 0.15) is 21.0 Å². The van der Waals surface area contributed by atoms with Crippen LogP contribution in [0, 0.1) is 0 Å². The second kappa shape index (κ2) is 9.65. The van der Waals surface area contributed by atoms with E-state index in [1.54, 1.807) is 30.9 Å². The van der Waals surface area contributed by atoms with Crippen molar-refractivity contribution in [1.82, 2.24) is 24.9 Å². The molecule has 34 heavy (non-hydrogen) atoms. The molecule has 5 aromatic rings. The van der Waals surface area contributed by atoms with Gasteiger partial charge in [-0.2, -0.15) is 0 Å². The van der Waals surface area contributed by atoms with Gasteiger partial charge in [-0.15, -0.1) is 22.7 Å². The summed E-state index contributed by atoms with van der Waals surface area (Å²) < 4.78 is 0. The monoisotopic (exact) mass is 485 g/mol. The second-order valence-electron chi connectivity index (χ2n) is 6.86. The zero-order valence-corrected chi connectivity index (χ0v) is 19.0. The fourth-order valence-corrected chi connectivity index (χ4v) is 4.41. The van der Waals surface area contributed by atoms with Gasteiger partial charge in [0.2, 0.25) is 0 Å². The van der Waals surface area contributed by atoms with Gasteiger partial charge >= 0.3 is 0 Å². The molecule has 5 rings (SSSR count). The minimum atomic E-state index is -0.459. The van der Waals surface area contributed by atoms with E-state index in [0.29, 0.717) is 10.3 Å². The molecule has 0 saturated carbocycles. The van der Waals surface area contributed by atoms with Gasteiger partial charge in [0.25, 0.3) is 11.8 Å². The van der Waals surface area contributed by atoms with Gasteiger partial charge in [0.05, 0.1) is 11.4 Å². The molecule has 0 aliphatic rings. The van der Waals surface area contributed by atoms with Gasteiger partial charge in [-0.25, -0.2) is 15.0 Å². The lowest BCUT2D eigenvalue weighted by atomic mass is 10.2. The number of anilines is 2. The first-order valence-corrected chi connectivity index (χ1v) is 11.7. The number of carbonyl (C=O) groups is 2. The summed E-state index contributed by atoms with van der Waals surface area (Å²) in [4.78, 5) is 46.4. The molecule has 0 unspecified atom stereocenters. The van der Waals surface area contributed by atoms with Gasteiger partial charge in [0.1, 0.15) is 11.4 Å². The molecule has 0 bridgehead atoms. The Bertz CT molecular complexity index is 1350. The van der Waals surface area contributed by atoms with Crippen LogP contribution in [-0.4, -0.2) is 36.7 Å². The van der Waals surface area contributed by atoms with E-state index < -0.39 is 11.8 Å². The molecule has 0 aromatic carbocycles. The Morgan fingerprint density at radius 3 is 1.50 bits per heavy atom. The maximum absolute atomic E-state index is 12.7. The maximum Gasteiger partial charge on any atom is 0.276 e.